The van der Waals surface area contributed by atoms with Crippen molar-refractivity contribution >= 4 is 29.3 Å². The number of hydrogen-bond donors (Lipinski definition) is 1. The van der Waals surface area contributed by atoms with Gasteiger partial charge >= 0.3 is 0 Å². The number of rotatable bonds is 6. The highest BCUT2D eigenvalue weighted by Crippen LogP contribution is 2.35. The van der Waals surface area contributed by atoms with Crippen LogP contribution in [0.1, 0.15) is 36.5 Å². The summed E-state index contributed by atoms with van der Waals surface area (Å²) >= 11 is 0. The Kier molecular flexibility index (Phi) is 6.36. The van der Waals surface area contributed by atoms with Gasteiger partial charge in [-0.3, -0.25) is 9.59 Å². The van der Waals surface area contributed by atoms with E-state index >= 15 is 0 Å². The van der Waals surface area contributed by atoms with Gasteiger partial charge in [-0.2, -0.15) is 0 Å². The first-order valence-electron chi connectivity index (χ1n) is 10.7. The molecule has 1 aliphatic heterocycles. The number of benzene rings is 3. The normalized spacial score (nSPS) is 13.2. The summed E-state index contributed by atoms with van der Waals surface area (Å²) in [5.74, 6) is 0.738. The average Bonchev–Trinajstić information content (AvgIpc) is 2.80. The van der Waals surface area contributed by atoms with E-state index in [1.807, 2.05) is 42.5 Å². The highest BCUT2D eigenvalue weighted by molar-refractivity contribution is 6.03. The van der Waals surface area contributed by atoms with E-state index < -0.39 is 0 Å². The molecule has 5 nitrogen and oxygen atoms in total. The number of carbonyl (C=O) groups excluding carboxylic acids is 2. The fourth-order valence-electron chi connectivity index (χ4n) is 3.57. The van der Waals surface area contributed by atoms with Crippen molar-refractivity contribution in [3.8, 4) is 5.75 Å². The number of nitrogens with zero attached hydrogens (tertiary/aromatic N) is 1. The topological polar surface area (TPSA) is 58.6 Å². The fraction of sp³-hybridized carbons (Fsp3) is 0.185. The average molecular weight is 427 g/mol. The summed E-state index contributed by atoms with van der Waals surface area (Å²) < 4.78 is 5.58. The zero-order valence-electron chi connectivity index (χ0n) is 18.2. The maximum Gasteiger partial charge on any atom is 0.265 e. The molecule has 0 saturated carbocycles. The lowest BCUT2D eigenvalue weighted by atomic mass is 10.0. The van der Waals surface area contributed by atoms with Crippen molar-refractivity contribution in [2.75, 3.05) is 16.8 Å². The second-order valence-corrected chi connectivity index (χ2v) is 8.08. The molecule has 1 aliphatic rings. The van der Waals surface area contributed by atoms with Crippen LogP contribution in [0, 0.1) is 0 Å². The molecule has 162 valence electrons. The third-order valence-electron chi connectivity index (χ3n) is 5.38. The fourth-order valence-corrected chi connectivity index (χ4v) is 3.57. The molecular formula is C27H26N2O3. The van der Waals surface area contributed by atoms with Gasteiger partial charge in [0.2, 0.25) is 5.91 Å². The molecule has 3 aromatic carbocycles. The Labute approximate surface area is 188 Å². The summed E-state index contributed by atoms with van der Waals surface area (Å²) in [6.45, 7) is 4.75. The SMILES string of the molecule is CC(C)c1ccc(/C=C/C(=O)Nc2ccc3c(c2)N(Cc2ccccc2)C(=O)CO3)cc1. The molecule has 32 heavy (non-hydrogen) atoms. The summed E-state index contributed by atoms with van der Waals surface area (Å²) in [4.78, 5) is 26.7. The van der Waals surface area contributed by atoms with Crippen LogP contribution in [-0.4, -0.2) is 18.4 Å². The summed E-state index contributed by atoms with van der Waals surface area (Å²) in [5.41, 5.74) is 4.50. The quantitative estimate of drug-likeness (QED) is 0.538. The summed E-state index contributed by atoms with van der Waals surface area (Å²) in [7, 11) is 0. The molecule has 0 aliphatic carbocycles. The molecule has 0 unspecified atom stereocenters. The van der Waals surface area contributed by atoms with Crippen molar-refractivity contribution in [3.05, 3.63) is 95.6 Å². The highest BCUT2D eigenvalue weighted by atomic mass is 16.5. The molecule has 2 amide bonds. The van der Waals surface area contributed by atoms with Crippen molar-refractivity contribution in [1.29, 1.82) is 0 Å². The maximum atomic E-state index is 12.5. The molecule has 0 bridgehead atoms. The van der Waals surface area contributed by atoms with Gasteiger partial charge in [0, 0.05) is 11.8 Å². The lowest BCUT2D eigenvalue weighted by molar-refractivity contribution is -0.121. The summed E-state index contributed by atoms with van der Waals surface area (Å²) in [5, 5.41) is 2.87. The van der Waals surface area contributed by atoms with Crippen LogP contribution < -0.4 is 15.0 Å². The molecule has 0 atom stereocenters. The van der Waals surface area contributed by atoms with Gasteiger partial charge in [-0.15, -0.1) is 0 Å². The molecule has 0 fully saturated rings. The Morgan fingerprint density at radius 3 is 2.53 bits per heavy atom. The molecule has 5 heteroatoms. The number of amides is 2. The van der Waals surface area contributed by atoms with Gasteiger partial charge in [0.1, 0.15) is 5.75 Å². The Morgan fingerprint density at radius 1 is 1.06 bits per heavy atom. The van der Waals surface area contributed by atoms with E-state index in [1.54, 1.807) is 29.2 Å². The van der Waals surface area contributed by atoms with E-state index in [-0.39, 0.29) is 18.4 Å². The standard InChI is InChI=1S/C27H26N2O3/c1-19(2)22-11-8-20(9-12-22)10-15-26(30)28-23-13-14-25-24(16-23)29(27(31)18-32-25)17-21-6-4-3-5-7-21/h3-16,19H,17-18H2,1-2H3,(H,28,30)/b15-10+. The first-order valence-corrected chi connectivity index (χ1v) is 10.7. The second kappa shape index (κ2) is 9.52. The number of nitrogens with one attached hydrogen (secondary N) is 1. The first kappa shape index (κ1) is 21.4. The molecular weight excluding hydrogens is 400 g/mol. The molecule has 0 radical (unpaired) electrons. The Hall–Kier alpha value is -3.86. The number of anilines is 2. The van der Waals surface area contributed by atoms with Crippen LogP contribution in [0.3, 0.4) is 0 Å². The molecule has 1 heterocycles. The lowest BCUT2D eigenvalue weighted by Gasteiger charge is -2.30. The van der Waals surface area contributed by atoms with Gasteiger partial charge in [0.05, 0.1) is 12.2 Å². The van der Waals surface area contributed by atoms with Crippen molar-refractivity contribution < 1.29 is 14.3 Å². The highest BCUT2D eigenvalue weighted by Gasteiger charge is 2.26. The number of carbonyl (C=O) groups is 2. The third kappa shape index (κ3) is 5.06. The number of fused-ring (bicyclic) bond motifs is 1. The molecule has 0 saturated heterocycles. The largest absolute Gasteiger partial charge is 0.482 e. The van der Waals surface area contributed by atoms with Gasteiger partial charge in [0.15, 0.2) is 6.61 Å². The minimum absolute atomic E-state index is 0.00385. The minimum Gasteiger partial charge on any atom is -0.482 e. The van der Waals surface area contributed by atoms with Gasteiger partial charge in [-0.05, 0) is 46.9 Å². The maximum absolute atomic E-state index is 12.5. The van der Waals surface area contributed by atoms with E-state index in [4.69, 9.17) is 4.74 Å². The van der Waals surface area contributed by atoms with Crippen molar-refractivity contribution in [2.45, 2.75) is 26.3 Å². The van der Waals surface area contributed by atoms with Crippen LogP contribution in [0.5, 0.6) is 5.75 Å². The van der Waals surface area contributed by atoms with Gasteiger partial charge < -0.3 is 15.0 Å². The Morgan fingerprint density at radius 2 is 1.81 bits per heavy atom. The number of ether oxygens (including phenoxy) is 1. The Bertz CT molecular complexity index is 1140. The molecule has 0 aromatic heterocycles. The smallest absolute Gasteiger partial charge is 0.265 e. The summed E-state index contributed by atoms with van der Waals surface area (Å²) in [6, 6.07) is 23.3. The second-order valence-electron chi connectivity index (χ2n) is 8.08. The summed E-state index contributed by atoms with van der Waals surface area (Å²) in [6.07, 6.45) is 3.29. The van der Waals surface area contributed by atoms with E-state index in [2.05, 4.69) is 31.3 Å². The van der Waals surface area contributed by atoms with Crippen LogP contribution in [0.25, 0.3) is 6.08 Å². The van der Waals surface area contributed by atoms with Crippen LogP contribution in [0.2, 0.25) is 0 Å². The van der Waals surface area contributed by atoms with Crippen LogP contribution in [0.15, 0.2) is 78.9 Å². The monoisotopic (exact) mass is 426 g/mol. The zero-order chi connectivity index (χ0) is 22.5. The van der Waals surface area contributed by atoms with Crippen LogP contribution in [0.4, 0.5) is 11.4 Å². The van der Waals surface area contributed by atoms with E-state index in [0.29, 0.717) is 29.6 Å². The Balaban J connectivity index is 1.48. The van der Waals surface area contributed by atoms with E-state index in [9.17, 15) is 9.59 Å². The minimum atomic E-state index is -0.240. The van der Waals surface area contributed by atoms with E-state index in [1.165, 1.54) is 11.6 Å². The third-order valence-corrected chi connectivity index (χ3v) is 5.38. The predicted octanol–water partition coefficient (Wildman–Crippen LogP) is 5.39. The van der Waals surface area contributed by atoms with Gasteiger partial charge in [0.25, 0.3) is 5.91 Å². The van der Waals surface area contributed by atoms with Gasteiger partial charge in [-0.1, -0.05) is 68.4 Å². The number of hydrogen-bond acceptors (Lipinski definition) is 3. The van der Waals surface area contributed by atoms with Gasteiger partial charge in [-0.25, -0.2) is 0 Å². The molecule has 1 N–H and O–H groups in total. The van der Waals surface area contributed by atoms with E-state index in [0.717, 1.165) is 11.1 Å². The lowest BCUT2D eigenvalue weighted by Crippen LogP contribution is -2.38. The first-order chi connectivity index (χ1) is 15.5. The zero-order valence-corrected chi connectivity index (χ0v) is 18.2. The molecule has 4 rings (SSSR count). The molecule has 3 aromatic rings. The van der Waals surface area contributed by atoms with Crippen LogP contribution >= 0.6 is 0 Å². The van der Waals surface area contributed by atoms with Crippen molar-refractivity contribution in [3.63, 3.8) is 0 Å². The predicted molar refractivity (Wildman–Crippen MR) is 128 cm³/mol. The van der Waals surface area contributed by atoms with Crippen molar-refractivity contribution in [1.82, 2.24) is 0 Å². The molecule has 0 spiro atoms. The van der Waals surface area contributed by atoms with Crippen LogP contribution in [-0.2, 0) is 16.1 Å². The van der Waals surface area contributed by atoms with Crippen molar-refractivity contribution in [2.24, 2.45) is 0 Å².